The standard InChI is InChI=1S/C35H34F5N3O5/c1-35(2,3)48-43(20-44)27(16-22-13-14-23-11-7-8-12-24(23)15-22)34(46)41-25(17-26-29(36)31(38)33(40)32(39)30(26)37)18-28(45)42-47-19-21-9-5-4-6-10-21/h4-15,20,25,27H,16-19H2,1-3H3,(H,41,46)(H,42,45)/t25-,27-/m1/s1. The van der Waals surface area contributed by atoms with Crippen molar-refractivity contribution in [1.29, 1.82) is 0 Å². The van der Waals surface area contributed by atoms with Crippen molar-refractivity contribution in [3.8, 4) is 0 Å². The number of fused-ring (bicyclic) bond motifs is 1. The molecule has 3 amide bonds. The zero-order valence-corrected chi connectivity index (χ0v) is 26.4. The fourth-order valence-electron chi connectivity index (χ4n) is 4.95. The highest BCUT2D eigenvalue weighted by atomic mass is 19.2. The Morgan fingerprint density at radius 1 is 0.792 bits per heavy atom. The Balaban J connectivity index is 1.63. The molecule has 0 aromatic heterocycles. The number of carbonyl (C=O) groups excluding carboxylic acids is 3. The van der Waals surface area contributed by atoms with Crippen LogP contribution < -0.4 is 10.8 Å². The van der Waals surface area contributed by atoms with Gasteiger partial charge in [0.1, 0.15) is 6.04 Å². The molecule has 0 saturated heterocycles. The largest absolute Gasteiger partial charge is 0.351 e. The Morgan fingerprint density at radius 3 is 2.02 bits per heavy atom. The number of amides is 3. The molecule has 4 aromatic carbocycles. The zero-order chi connectivity index (χ0) is 35.0. The molecule has 0 aliphatic heterocycles. The molecule has 254 valence electrons. The summed E-state index contributed by atoms with van der Waals surface area (Å²) in [6.45, 7) is 4.87. The molecule has 48 heavy (non-hydrogen) atoms. The predicted molar refractivity (Wildman–Crippen MR) is 166 cm³/mol. The highest BCUT2D eigenvalue weighted by molar-refractivity contribution is 5.86. The smallest absolute Gasteiger partial charge is 0.246 e. The van der Waals surface area contributed by atoms with E-state index >= 15 is 0 Å². The van der Waals surface area contributed by atoms with Crippen LogP contribution in [0.4, 0.5) is 22.0 Å². The Bertz CT molecular complexity index is 1740. The molecule has 0 aliphatic rings. The quantitative estimate of drug-likeness (QED) is 0.0564. The van der Waals surface area contributed by atoms with Gasteiger partial charge in [-0.15, -0.1) is 0 Å². The highest BCUT2D eigenvalue weighted by Gasteiger charge is 2.34. The fourth-order valence-corrected chi connectivity index (χ4v) is 4.95. The summed E-state index contributed by atoms with van der Waals surface area (Å²) < 4.78 is 71.4. The first kappa shape index (κ1) is 36.0. The molecule has 0 unspecified atom stereocenters. The van der Waals surface area contributed by atoms with Crippen molar-refractivity contribution in [3.63, 3.8) is 0 Å². The minimum atomic E-state index is -2.35. The molecule has 4 rings (SSSR count). The lowest BCUT2D eigenvalue weighted by Crippen LogP contribution is -2.53. The Kier molecular flexibility index (Phi) is 11.8. The van der Waals surface area contributed by atoms with Crippen LogP contribution in [0.1, 0.15) is 43.9 Å². The number of hydroxylamine groups is 3. The van der Waals surface area contributed by atoms with E-state index < -0.39 is 77.0 Å². The maximum atomic E-state index is 14.7. The van der Waals surface area contributed by atoms with Gasteiger partial charge in [-0.2, -0.15) is 0 Å². The lowest BCUT2D eigenvalue weighted by molar-refractivity contribution is -0.231. The van der Waals surface area contributed by atoms with Crippen LogP contribution >= 0.6 is 0 Å². The lowest BCUT2D eigenvalue weighted by atomic mass is 9.98. The molecule has 0 heterocycles. The summed E-state index contributed by atoms with van der Waals surface area (Å²) in [6, 6.07) is 18.6. The summed E-state index contributed by atoms with van der Waals surface area (Å²) in [5.41, 5.74) is 1.28. The topological polar surface area (TPSA) is 97.0 Å². The van der Waals surface area contributed by atoms with E-state index in [4.69, 9.17) is 9.68 Å². The highest BCUT2D eigenvalue weighted by Crippen LogP contribution is 2.25. The van der Waals surface area contributed by atoms with Crippen molar-refractivity contribution in [2.24, 2.45) is 0 Å². The second-order valence-corrected chi connectivity index (χ2v) is 12.0. The SMILES string of the molecule is CC(C)(C)ON(C=O)[C@H](Cc1ccc2ccccc2c1)C(=O)N[C@@H](CC(=O)NOCc1ccccc1)Cc1c(F)c(F)c(F)c(F)c1F. The van der Waals surface area contributed by atoms with Crippen LogP contribution in [-0.2, 0) is 43.5 Å². The van der Waals surface area contributed by atoms with Gasteiger partial charge in [0.2, 0.25) is 24.0 Å². The van der Waals surface area contributed by atoms with Crippen molar-refractivity contribution >= 4 is 29.0 Å². The van der Waals surface area contributed by atoms with Crippen LogP contribution in [0.3, 0.4) is 0 Å². The van der Waals surface area contributed by atoms with Crippen molar-refractivity contribution in [2.45, 2.75) is 64.3 Å². The van der Waals surface area contributed by atoms with Crippen LogP contribution in [0.25, 0.3) is 10.8 Å². The number of rotatable bonds is 14. The summed E-state index contributed by atoms with van der Waals surface area (Å²) in [5.74, 6) is -12.7. The third-order valence-corrected chi connectivity index (χ3v) is 7.13. The fraction of sp³-hybridized carbons (Fsp3) is 0.286. The first-order chi connectivity index (χ1) is 22.8. The van der Waals surface area contributed by atoms with Gasteiger partial charge in [0, 0.05) is 24.4 Å². The summed E-state index contributed by atoms with van der Waals surface area (Å²) in [7, 11) is 0. The maximum absolute atomic E-state index is 14.7. The molecule has 0 fully saturated rings. The average molecular weight is 672 g/mol. The number of nitrogens with zero attached hydrogens (tertiary/aromatic N) is 1. The maximum Gasteiger partial charge on any atom is 0.246 e. The molecule has 0 saturated carbocycles. The number of nitrogens with one attached hydrogen (secondary N) is 2. The van der Waals surface area contributed by atoms with Crippen LogP contribution in [0, 0.1) is 29.1 Å². The van der Waals surface area contributed by atoms with Crippen molar-refractivity contribution < 1.29 is 46.0 Å². The minimum Gasteiger partial charge on any atom is -0.351 e. The van der Waals surface area contributed by atoms with Crippen molar-refractivity contribution in [3.05, 3.63) is 119 Å². The number of hydrogen-bond acceptors (Lipinski definition) is 5. The van der Waals surface area contributed by atoms with E-state index in [2.05, 4.69) is 10.8 Å². The van der Waals surface area contributed by atoms with Crippen LogP contribution in [0.15, 0.2) is 72.8 Å². The van der Waals surface area contributed by atoms with Gasteiger partial charge in [-0.25, -0.2) is 32.5 Å². The number of carbonyl (C=O) groups is 3. The Morgan fingerprint density at radius 2 is 1.40 bits per heavy atom. The summed E-state index contributed by atoms with van der Waals surface area (Å²) >= 11 is 0. The molecule has 0 radical (unpaired) electrons. The Labute approximate surface area is 273 Å². The molecule has 0 aliphatic carbocycles. The van der Waals surface area contributed by atoms with E-state index in [0.29, 0.717) is 17.5 Å². The van der Waals surface area contributed by atoms with Crippen molar-refractivity contribution in [2.75, 3.05) is 0 Å². The third-order valence-electron chi connectivity index (χ3n) is 7.13. The van der Waals surface area contributed by atoms with E-state index in [9.17, 15) is 36.3 Å². The minimum absolute atomic E-state index is 0.0481. The number of halogens is 5. The molecule has 0 spiro atoms. The van der Waals surface area contributed by atoms with E-state index in [0.717, 1.165) is 15.8 Å². The monoisotopic (exact) mass is 671 g/mol. The summed E-state index contributed by atoms with van der Waals surface area (Å²) in [5, 5.41) is 5.01. The van der Waals surface area contributed by atoms with Gasteiger partial charge in [0.05, 0.1) is 12.2 Å². The molecule has 2 N–H and O–H groups in total. The first-order valence-corrected chi connectivity index (χ1v) is 14.9. The molecule has 4 aromatic rings. The third kappa shape index (κ3) is 9.35. The average Bonchev–Trinajstić information content (AvgIpc) is 3.06. The second kappa shape index (κ2) is 15.8. The number of hydrogen-bond donors (Lipinski definition) is 2. The molecule has 8 nitrogen and oxygen atoms in total. The molecule has 2 atom stereocenters. The van der Waals surface area contributed by atoms with Crippen LogP contribution in [0.2, 0.25) is 0 Å². The van der Waals surface area contributed by atoms with Crippen LogP contribution in [0.5, 0.6) is 0 Å². The lowest BCUT2D eigenvalue weighted by Gasteiger charge is -2.33. The first-order valence-electron chi connectivity index (χ1n) is 14.9. The molecule has 13 heteroatoms. The van der Waals surface area contributed by atoms with Gasteiger partial charge in [0.15, 0.2) is 23.3 Å². The molecular formula is C35H34F5N3O5. The Hall–Kier alpha value is -4.88. The van der Waals surface area contributed by atoms with Gasteiger partial charge < -0.3 is 5.32 Å². The molecular weight excluding hydrogens is 637 g/mol. The van der Waals surface area contributed by atoms with E-state index in [1.807, 2.05) is 30.3 Å². The predicted octanol–water partition coefficient (Wildman–Crippen LogP) is 6.00. The van der Waals surface area contributed by atoms with Gasteiger partial charge in [-0.1, -0.05) is 72.8 Å². The zero-order valence-electron chi connectivity index (χ0n) is 26.4. The summed E-state index contributed by atoms with van der Waals surface area (Å²) in [6.07, 6.45) is -1.50. The van der Waals surface area contributed by atoms with Gasteiger partial charge in [-0.3, -0.25) is 24.1 Å². The second-order valence-electron chi connectivity index (χ2n) is 12.0. The summed E-state index contributed by atoms with van der Waals surface area (Å²) in [4.78, 5) is 49.9. The molecule has 0 bridgehead atoms. The van der Waals surface area contributed by atoms with E-state index in [1.165, 1.54) is 0 Å². The van der Waals surface area contributed by atoms with Gasteiger partial charge >= 0.3 is 0 Å². The van der Waals surface area contributed by atoms with Crippen LogP contribution in [-0.4, -0.2) is 41.0 Å². The van der Waals surface area contributed by atoms with Gasteiger partial charge in [-0.05, 0) is 49.1 Å². The van der Waals surface area contributed by atoms with Gasteiger partial charge in [0.25, 0.3) is 0 Å². The normalized spacial score (nSPS) is 12.8. The van der Waals surface area contributed by atoms with E-state index in [1.54, 1.807) is 63.2 Å². The number of benzene rings is 4. The van der Waals surface area contributed by atoms with Crippen molar-refractivity contribution in [1.82, 2.24) is 15.9 Å². The van der Waals surface area contributed by atoms with E-state index in [-0.39, 0.29) is 13.0 Å².